The third kappa shape index (κ3) is 3.07. The molecule has 0 fully saturated rings. The predicted molar refractivity (Wildman–Crippen MR) is 50.2 cm³/mol. The maximum Gasteiger partial charge on any atom is 0.355 e. The van der Waals surface area contributed by atoms with Crippen LogP contribution in [0.3, 0.4) is 0 Å². The first-order valence-corrected chi connectivity index (χ1v) is 4.42. The van der Waals surface area contributed by atoms with Gasteiger partial charge in [-0.15, -0.1) is 0 Å². The molecule has 1 rings (SSSR count). The Bertz CT molecular complexity index is 321. The van der Waals surface area contributed by atoms with Crippen LogP contribution in [0.15, 0.2) is 18.2 Å². The minimum absolute atomic E-state index is 0.0566. The third-order valence-electron chi connectivity index (χ3n) is 1.84. The SMILES string of the molecule is Cc1cc(CCC([O])=O)ccc1Cl. The molecule has 1 aromatic carbocycles. The van der Waals surface area contributed by atoms with Crippen LogP contribution in [0.2, 0.25) is 5.02 Å². The van der Waals surface area contributed by atoms with E-state index in [-0.39, 0.29) is 6.42 Å². The smallest absolute Gasteiger partial charge is 0.247 e. The zero-order valence-corrected chi connectivity index (χ0v) is 8.10. The van der Waals surface area contributed by atoms with E-state index in [1.165, 1.54) is 0 Å². The maximum atomic E-state index is 10.2. The quantitative estimate of drug-likeness (QED) is 0.734. The largest absolute Gasteiger partial charge is 0.355 e. The van der Waals surface area contributed by atoms with Gasteiger partial charge >= 0.3 is 5.97 Å². The standard InChI is InChI=1S/C10H10ClO2/c1-7-6-8(2-4-9(7)11)3-5-10(12)13/h2,4,6H,3,5H2,1H3. The monoisotopic (exact) mass is 197 g/mol. The van der Waals surface area contributed by atoms with E-state index in [9.17, 15) is 9.90 Å². The normalized spacial score (nSPS) is 10.0. The van der Waals surface area contributed by atoms with Crippen LogP contribution in [-0.2, 0) is 16.3 Å². The number of rotatable bonds is 3. The molecule has 0 atom stereocenters. The van der Waals surface area contributed by atoms with E-state index in [2.05, 4.69) is 0 Å². The van der Waals surface area contributed by atoms with Crippen LogP contribution in [0.1, 0.15) is 17.5 Å². The van der Waals surface area contributed by atoms with Crippen LogP contribution in [-0.4, -0.2) is 5.97 Å². The number of carbonyl (C=O) groups is 1. The first kappa shape index (κ1) is 10.1. The van der Waals surface area contributed by atoms with Gasteiger partial charge in [0.25, 0.3) is 0 Å². The van der Waals surface area contributed by atoms with Crippen LogP contribution in [0.4, 0.5) is 0 Å². The summed E-state index contributed by atoms with van der Waals surface area (Å²) in [6.45, 7) is 1.89. The highest BCUT2D eigenvalue weighted by Gasteiger charge is 2.02. The topological polar surface area (TPSA) is 37.0 Å². The minimum Gasteiger partial charge on any atom is -0.247 e. The second-order valence-corrected chi connectivity index (χ2v) is 3.36. The minimum atomic E-state index is -1.02. The molecule has 0 N–H and O–H groups in total. The van der Waals surface area contributed by atoms with E-state index in [4.69, 9.17) is 11.6 Å². The van der Waals surface area contributed by atoms with Crippen molar-refractivity contribution in [3.8, 4) is 0 Å². The Morgan fingerprint density at radius 2 is 2.15 bits per heavy atom. The fraction of sp³-hybridized carbons (Fsp3) is 0.300. The summed E-state index contributed by atoms with van der Waals surface area (Å²) in [4.78, 5) is 10.2. The molecule has 0 aliphatic heterocycles. The first-order valence-electron chi connectivity index (χ1n) is 4.04. The molecule has 13 heavy (non-hydrogen) atoms. The Morgan fingerprint density at radius 1 is 1.46 bits per heavy atom. The molecule has 1 radical (unpaired) electrons. The molecule has 3 heteroatoms. The molecule has 0 aliphatic rings. The number of hydrogen-bond acceptors (Lipinski definition) is 1. The van der Waals surface area contributed by atoms with Gasteiger partial charge in [0.05, 0.1) is 6.42 Å². The highest BCUT2D eigenvalue weighted by Crippen LogP contribution is 2.17. The number of aryl methyl sites for hydroxylation is 2. The molecular weight excluding hydrogens is 188 g/mol. The van der Waals surface area contributed by atoms with E-state index < -0.39 is 5.97 Å². The molecule has 0 aliphatic carbocycles. The number of carbonyl (C=O) groups excluding carboxylic acids is 1. The molecule has 0 aromatic heterocycles. The lowest BCUT2D eigenvalue weighted by Crippen LogP contribution is -1.95. The summed E-state index contributed by atoms with van der Waals surface area (Å²) >= 11 is 5.81. The van der Waals surface area contributed by atoms with E-state index in [0.717, 1.165) is 11.1 Å². The molecule has 69 valence electrons. The summed E-state index contributed by atoms with van der Waals surface area (Å²) < 4.78 is 0. The molecule has 0 unspecified atom stereocenters. The molecule has 0 bridgehead atoms. The number of halogens is 1. The predicted octanol–water partition coefficient (Wildman–Crippen LogP) is 2.54. The van der Waals surface area contributed by atoms with Crippen molar-refractivity contribution < 1.29 is 9.90 Å². The van der Waals surface area contributed by atoms with Crippen molar-refractivity contribution in [1.29, 1.82) is 0 Å². The van der Waals surface area contributed by atoms with Crippen molar-refractivity contribution in [2.45, 2.75) is 19.8 Å². The molecule has 0 amide bonds. The molecule has 0 heterocycles. The Labute approximate surface area is 82.2 Å². The van der Waals surface area contributed by atoms with Crippen LogP contribution < -0.4 is 0 Å². The molecular formula is C10H10ClO2. The van der Waals surface area contributed by atoms with E-state index in [0.29, 0.717) is 11.4 Å². The fourth-order valence-electron chi connectivity index (χ4n) is 1.11. The van der Waals surface area contributed by atoms with Crippen LogP contribution in [0, 0.1) is 6.92 Å². The molecule has 0 saturated carbocycles. The zero-order chi connectivity index (χ0) is 9.84. The van der Waals surface area contributed by atoms with Gasteiger partial charge in [0, 0.05) is 5.02 Å². The van der Waals surface area contributed by atoms with Gasteiger partial charge in [0.1, 0.15) is 0 Å². The van der Waals surface area contributed by atoms with Crippen molar-refractivity contribution in [2.24, 2.45) is 0 Å². The van der Waals surface area contributed by atoms with E-state index in [1.54, 1.807) is 6.07 Å². The van der Waals surface area contributed by atoms with Crippen molar-refractivity contribution in [2.75, 3.05) is 0 Å². The second kappa shape index (κ2) is 4.28. The van der Waals surface area contributed by atoms with E-state index in [1.807, 2.05) is 19.1 Å². The Morgan fingerprint density at radius 3 is 2.69 bits per heavy atom. The van der Waals surface area contributed by atoms with Gasteiger partial charge in [-0.2, -0.15) is 0 Å². The van der Waals surface area contributed by atoms with Crippen molar-refractivity contribution in [1.82, 2.24) is 0 Å². The molecule has 1 aromatic rings. The second-order valence-electron chi connectivity index (χ2n) is 2.96. The highest BCUT2D eigenvalue weighted by molar-refractivity contribution is 6.31. The van der Waals surface area contributed by atoms with E-state index >= 15 is 0 Å². The first-order chi connectivity index (χ1) is 6.09. The van der Waals surface area contributed by atoms with Gasteiger partial charge in [-0.25, -0.2) is 9.90 Å². The molecule has 0 spiro atoms. The highest BCUT2D eigenvalue weighted by atomic mass is 35.5. The van der Waals surface area contributed by atoms with Crippen molar-refractivity contribution in [3.63, 3.8) is 0 Å². The van der Waals surface area contributed by atoms with Crippen LogP contribution in [0.5, 0.6) is 0 Å². The van der Waals surface area contributed by atoms with Gasteiger partial charge in [0.15, 0.2) is 0 Å². The lowest BCUT2D eigenvalue weighted by atomic mass is 10.1. The van der Waals surface area contributed by atoms with Gasteiger partial charge in [-0.05, 0) is 30.5 Å². The van der Waals surface area contributed by atoms with Crippen LogP contribution >= 0.6 is 11.6 Å². The Hall–Kier alpha value is -1.02. The number of hydrogen-bond donors (Lipinski definition) is 0. The van der Waals surface area contributed by atoms with Gasteiger partial charge in [0.2, 0.25) is 0 Å². The molecule has 0 saturated heterocycles. The van der Waals surface area contributed by atoms with Gasteiger partial charge in [-0.1, -0.05) is 23.7 Å². The summed E-state index contributed by atoms with van der Waals surface area (Å²) in [5, 5.41) is 10.9. The summed E-state index contributed by atoms with van der Waals surface area (Å²) in [7, 11) is 0. The summed E-state index contributed by atoms with van der Waals surface area (Å²) in [5.41, 5.74) is 1.95. The average Bonchev–Trinajstić information content (AvgIpc) is 2.07. The van der Waals surface area contributed by atoms with Gasteiger partial charge < -0.3 is 0 Å². The Balaban J connectivity index is 2.68. The zero-order valence-electron chi connectivity index (χ0n) is 7.34. The lowest BCUT2D eigenvalue weighted by Gasteiger charge is -2.01. The molecule has 2 nitrogen and oxygen atoms in total. The maximum absolute atomic E-state index is 10.2. The fourth-order valence-corrected chi connectivity index (χ4v) is 1.23. The summed E-state index contributed by atoms with van der Waals surface area (Å²) in [6, 6.07) is 5.51. The van der Waals surface area contributed by atoms with Crippen molar-refractivity contribution >= 4 is 17.6 Å². The summed E-state index contributed by atoms with van der Waals surface area (Å²) in [5.74, 6) is -1.02. The summed E-state index contributed by atoms with van der Waals surface area (Å²) in [6.07, 6.45) is 0.557. The van der Waals surface area contributed by atoms with Gasteiger partial charge in [-0.3, -0.25) is 0 Å². The number of benzene rings is 1. The van der Waals surface area contributed by atoms with Crippen LogP contribution in [0.25, 0.3) is 0 Å². The lowest BCUT2D eigenvalue weighted by molar-refractivity contribution is -0.143. The average molecular weight is 198 g/mol. The Kier molecular flexibility index (Phi) is 3.32. The third-order valence-corrected chi connectivity index (χ3v) is 2.26. The van der Waals surface area contributed by atoms with Crippen molar-refractivity contribution in [3.05, 3.63) is 34.3 Å².